The fourth-order valence-corrected chi connectivity index (χ4v) is 3.71. The molecule has 2 aromatic heterocycles. The molecule has 4 rings (SSSR count). The largest absolute Gasteiger partial charge is 0.398 e. The average molecular weight is 364 g/mol. The number of alkyl halides is 3. The topological polar surface area (TPSA) is 35.0 Å². The molecule has 3 nitrogen and oxygen atoms in total. The molecule has 0 amide bonds. The second-order valence-corrected chi connectivity index (χ2v) is 7.28. The lowest BCUT2D eigenvalue weighted by Gasteiger charge is -2.18. The number of benzene rings is 1. The molecule has 1 aliphatic rings. The maximum atomic E-state index is 13.2. The zero-order chi connectivity index (χ0) is 17.5. The van der Waals surface area contributed by atoms with Crippen LogP contribution in [-0.4, -0.2) is 16.1 Å². The van der Waals surface area contributed by atoms with Gasteiger partial charge in [-0.15, -0.1) is 0 Å². The predicted molar refractivity (Wildman–Crippen MR) is 89.3 cm³/mol. The van der Waals surface area contributed by atoms with Gasteiger partial charge in [0.2, 0.25) is 0 Å². The van der Waals surface area contributed by atoms with Crippen LogP contribution in [-0.2, 0) is 23.4 Å². The Morgan fingerprint density at radius 2 is 1.88 bits per heavy atom. The Labute approximate surface area is 146 Å². The third-order valence-corrected chi connectivity index (χ3v) is 5.43. The molecule has 0 N–H and O–H groups in total. The number of hydrogen-bond donors (Lipinski definition) is 0. The van der Waals surface area contributed by atoms with E-state index >= 15 is 0 Å². The summed E-state index contributed by atoms with van der Waals surface area (Å²) in [6, 6.07) is 11.3. The van der Waals surface area contributed by atoms with Crippen LogP contribution in [0.1, 0.15) is 29.0 Å². The second kappa shape index (κ2) is 6.07. The molecule has 25 heavy (non-hydrogen) atoms. The van der Waals surface area contributed by atoms with Gasteiger partial charge in [-0.2, -0.15) is 13.2 Å². The lowest BCUT2D eigenvalue weighted by atomic mass is 9.97. The second-order valence-electron chi connectivity index (χ2n) is 6.21. The zero-order valence-electron chi connectivity index (χ0n) is 13.2. The van der Waals surface area contributed by atoms with E-state index < -0.39 is 11.6 Å². The molecule has 0 saturated heterocycles. The van der Waals surface area contributed by atoms with Crippen molar-refractivity contribution in [2.45, 2.75) is 37.6 Å². The van der Waals surface area contributed by atoms with E-state index in [0.717, 1.165) is 5.56 Å². The molecule has 1 aromatic carbocycles. The average Bonchev–Trinajstić information content (AvgIpc) is 3.31. The van der Waals surface area contributed by atoms with Crippen molar-refractivity contribution in [3.63, 3.8) is 0 Å². The predicted octanol–water partition coefficient (Wildman–Crippen LogP) is 5.00. The van der Waals surface area contributed by atoms with Crippen LogP contribution in [0.2, 0.25) is 0 Å². The van der Waals surface area contributed by atoms with Gasteiger partial charge in [-0.25, -0.2) is 9.97 Å². The number of halogens is 3. The Morgan fingerprint density at radius 1 is 1.12 bits per heavy atom. The summed E-state index contributed by atoms with van der Waals surface area (Å²) in [6.07, 6.45) is -2.64. The number of pyridine rings is 1. The molecule has 2 heterocycles. The Hall–Kier alpha value is -1.99. The van der Waals surface area contributed by atoms with Crippen LogP contribution in [0.25, 0.3) is 10.3 Å². The molecule has 1 aliphatic carbocycles. The molecule has 7 heteroatoms. The van der Waals surface area contributed by atoms with E-state index in [1.54, 1.807) is 0 Å². The van der Waals surface area contributed by atoms with Crippen LogP contribution in [0, 0.1) is 0 Å². The van der Waals surface area contributed by atoms with Crippen molar-refractivity contribution >= 4 is 21.7 Å². The lowest BCUT2D eigenvalue weighted by molar-refractivity contribution is -0.160. The standard InChI is InChI=1S/C18H15F3N2OS/c19-18(20,21)17(6-7-17)13-8-14-16(22-9-13)25-15(23-14)11-24-10-12-4-2-1-3-5-12/h1-5,8-9H,6-7,10-11H2. The van der Waals surface area contributed by atoms with Crippen molar-refractivity contribution in [3.8, 4) is 0 Å². The van der Waals surface area contributed by atoms with Gasteiger partial charge in [0.05, 0.1) is 18.6 Å². The van der Waals surface area contributed by atoms with E-state index in [1.165, 1.54) is 23.6 Å². The van der Waals surface area contributed by atoms with E-state index in [2.05, 4.69) is 9.97 Å². The highest BCUT2D eigenvalue weighted by atomic mass is 32.1. The molecular formula is C18H15F3N2OS. The van der Waals surface area contributed by atoms with E-state index in [1.807, 2.05) is 30.3 Å². The molecule has 0 unspecified atom stereocenters. The molecule has 0 bridgehead atoms. The quantitative estimate of drug-likeness (QED) is 0.639. The van der Waals surface area contributed by atoms with Gasteiger partial charge in [0, 0.05) is 6.20 Å². The minimum atomic E-state index is -4.24. The Bertz CT molecular complexity index is 888. The first kappa shape index (κ1) is 16.5. The van der Waals surface area contributed by atoms with Gasteiger partial charge in [0.25, 0.3) is 0 Å². The summed E-state index contributed by atoms with van der Waals surface area (Å²) in [5.74, 6) is 0. The van der Waals surface area contributed by atoms with Crippen LogP contribution in [0.4, 0.5) is 13.2 Å². The highest BCUT2D eigenvalue weighted by molar-refractivity contribution is 7.18. The molecule has 0 spiro atoms. The minimum Gasteiger partial charge on any atom is -0.370 e. The van der Waals surface area contributed by atoms with Gasteiger partial charge in [-0.1, -0.05) is 41.7 Å². The molecule has 0 radical (unpaired) electrons. The summed E-state index contributed by atoms with van der Waals surface area (Å²) < 4.78 is 45.4. The summed E-state index contributed by atoms with van der Waals surface area (Å²) in [4.78, 5) is 9.22. The molecule has 0 atom stereocenters. The first-order chi connectivity index (χ1) is 12.0. The summed E-state index contributed by atoms with van der Waals surface area (Å²) in [6.45, 7) is 0.780. The third-order valence-electron chi connectivity index (χ3n) is 4.47. The fourth-order valence-electron chi connectivity index (χ4n) is 2.88. The lowest BCUT2D eigenvalue weighted by Crippen LogP contribution is -2.28. The van der Waals surface area contributed by atoms with Gasteiger partial charge >= 0.3 is 6.18 Å². The Kier molecular flexibility index (Phi) is 4.00. The fraction of sp³-hybridized carbons (Fsp3) is 0.333. The summed E-state index contributed by atoms with van der Waals surface area (Å²) in [7, 11) is 0. The van der Waals surface area contributed by atoms with E-state index in [9.17, 15) is 13.2 Å². The first-order valence-electron chi connectivity index (χ1n) is 7.92. The molecule has 0 aliphatic heterocycles. The van der Waals surface area contributed by atoms with Crippen molar-refractivity contribution in [3.05, 3.63) is 58.7 Å². The SMILES string of the molecule is FC(F)(F)C1(c2cnc3sc(COCc4ccccc4)nc3c2)CC1. The number of rotatable bonds is 5. The number of hydrogen-bond acceptors (Lipinski definition) is 4. The maximum Gasteiger partial charge on any atom is 0.398 e. The smallest absolute Gasteiger partial charge is 0.370 e. The van der Waals surface area contributed by atoms with Gasteiger partial charge in [-0.05, 0) is 30.0 Å². The monoisotopic (exact) mass is 364 g/mol. The van der Waals surface area contributed by atoms with Crippen molar-refractivity contribution in [1.82, 2.24) is 9.97 Å². The van der Waals surface area contributed by atoms with Gasteiger partial charge in [0.1, 0.15) is 15.4 Å². The zero-order valence-corrected chi connectivity index (χ0v) is 14.0. The third kappa shape index (κ3) is 3.14. The highest BCUT2D eigenvalue weighted by Gasteiger charge is 2.64. The number of ether oxygens (including phenoxy) is 1. The van der Waals surface area contributed by atoms with Crippen molar-refractivity contribution in [2.75, 3.05) is 0 Å². The number of fused-ring (bicyclic) bond motifs is 1. The molecule has 3 aromatic rings. The normalized spacial score (nSPS) is 16.3. The van der Waals surface area contributed by atoms with Crippen LogP contribution in [0.3, 0.4) is 0 Å². The maximum absolute atomic E-state index is 13.2. The van der Waals surface area contributed by atoms with Gasteiger partial charge in [0.15, 0.2) is 0 Å². The molecule has 130 valence electrons. The summed E-state index contributed by atoms with van der Waals surface area (Å²) in [5, 5.41) is 0.715. The highest BCUT2D eigenvalue weighted by Crippen LogP contribution is 2.58. The van der Waals surface area contributed by atoms with E-state index in [-0.39, 0.29) is 18.4 Å². The summed E-state index contributed by atoms with van der Waals surface area (Å²) in [5.41, 5.74) is 0.0673. The first-order valence-corrected chi connectivity index (χ1v) is 8.74. The van der Waals surface area contributed by atoms with Gasteiger partial charge < -0.3 is 4.74 Å². The number of aromatic nitrogens is 2. The Morgan fingerprint density at radius 3 is 2.56 bits per heavy atom. The van der Waals surface area contributed by atoms with Crippen LogP contribution < -0.4 is 0 Å². The van der Waals surface area contributed by atoms with Crippen molar-refractivity contribution in [1.29, 1.82) is 0 Å². The Balaban J connectivity index is 1.49. The van der Waals surface area contributed by atoms with Crippen LogP contribution in [0.15, 0.2) is 42.6 Å². The number of thiazole rings is 1. The van der Waals surface area contributed by atoms with Crippen molar-refractivity contribution < 1.29 is 17.9 Å². The van der Waals surface area contributed by atoms with Gasteiger partial charge in [-0.3, -0.25) is 0 Å². The van der Waals surface area contributed by atoms with Crippen LogP contribution >= 0.6 is 11.3 Å². The molecule has 1 fully saturated rings. The molecular weight excluding hydrogens is 349 g/mol. The van der Waals surface area contributed by atoms with Crippen LogP contribution in [0.5, 0.6) is 0 Å². The molecule has 1 saturated carbocycles. The van der Waals surface area contributed by atoms with E-state index in [0.29, 0.717) is 28.6 Å². The summed E-state index contributed by atoms with van der Waals surface area (Å²) >= 11 is 1.35. The number of nitrogens with zero attached hydrogens (tertiary/aromatic N) is 2. The minimum absolute atomic E-state index is 0.126. The van der Waals surface area contributed by atoms with E-state index in [4.69, 9.17) is 4.74 Å². The van der Waals surface area contributed by atoms with Crippen molar-refractivity contribution in [2.24, 2.45) is 0 Å².